The predicted octanol–water partition coefficient (Wildman–Crippen LogP) is -0.423. The molecule has 1 heterocycles. The highest BCUT2D eigenvalue weighted by Crippen LogP contribution is 1.89. The van der Waals surface area contributed by atoms with Gasteiger partial charge in [0.05, 0.1) is 11.9 Å². The number of hydrogen-bond donors (Lipinski definition) is 1. The molecule has 1 rings (SSSR count). The molecular weight excluding hydrogens is 128 g/mol. The molecule has 0 bridgehead atoms. The maximum atomic E-state index is 4.11. The van der Waals surface area contributed by atoms with E-state index in [1.807, 2.05) is 14.1 Å². The van der Waals surface area contributed by atoms with Crippen LogP contribution in [-0.4, -0.2) is 28.6 Å². The van der Waals surface area contributed by atoms with Gasteiger partial charge in [0, 0.05) is 20.0 Å². The zero-order chi connectivity index (χ0) is 7.40. The third kappa shape index (κ3) is 1.80. The highest BCUT2D eigenvalue weighted by atomic mass is 15.4. The molecule has 0 aliphatic heterocycles. The van der Waals surface area contributed by atoms with Crippen LogP contribution < -0.4 is 5.32 Å². The summed E-state index contributed by atoms with van der Waals surface area (Å²) < 4.78 is 0. The van der Waals surface area contributed by atoms with Crippen molar-refractivity contribution in [2.45, 2.75) is 6.42 Å². The Morgan fingerprint density at radius 1 is 1.70 bits per heavy atom. The van der Waals surface area contributed by atoms with Gasteiger partial charge in [-0.15, -0.1) is 0 Å². The van der Waals surface area contributed by atoms with Crippen molar-refractivity contribution < 1.29 is 0 Å². The van der Waals surface area contributed by atoms with Gasteiger partial charge in [-0.3, -0.25) is 0 Å². The lowest BCUT2D eigenvalue weighted by Crippen LogP contribution is -2.10. The molecule has 56 valence electrons. The van der Waals surface area contributed by atoms with Gasteiger partial charge in [-0.2, -0.15) is 15.0 Å². The maximum Gasteiger partial charge on any atom is 0.0839 e. The van der Waals surface area contributed by atoms with Crippen LogP contribution in [0, 0.1) is 0 Å². The minimum atomic E-state index is 0.949. The summed E-state index contributed by atoms with van der Waals surface area (Å²) in [6, 6.07) is 0. The summed E-state index contributed by atoms with van der Waals surface area (Å²) in [5.41, 5.74) is 1.04. The van der Waals surface area contributed by atoms with Gasteiger partial charge in [0.15, 0.2) is 0 Å². The van der Waals surface area contributed by atoms with E-state index in [-0.39, 0.29) is 0 Å². The lowest BCUT2D eigenvalue weighted by molar-refractivity contribution is 0.640. The minimum Gasteiger partial charge on any atom is -0.319 e. The third-order valence-corrected chi connectivity index (χ3v) is 1.28. The molecule has 4 heteroatoms. The van der Waals surface area contributed by atoms with E-state index in [1.54, 1.807) is 11.0 Å². The van der Waals surface area contributed by atoms with Gasteiger partial charge in [0.2, 0.25) is 0 Å². The summed E-state index contributed by atoms with van der Waals surface area (Å²) >= 11 is 0. The second-order valence-electron chi connectivity index (χ2n) is 2.18. The van der Waals surface area contributed by atoms with Crippen molar-refractivity contribution >= 4 is 0 Å². The van der Waals surface area contributed by atoms with Crippen LogP contribution in [0.5, 0.6) is 0 Å². The van der Waals surface area contributed by atoms with E-state index in [2.05, 4.69) is 15.5 Å². The average Bonchev–Trinajstić information content (AvgIpc) is 2.31. The van der Waals surface area contributed by atoms with Crippen LogP contribution in [0.2, 0.25) is 0 Å². The van der Waals surface area contributed by atoms with Gasteiger partial charge in [0.25, 0.3) is 0 Å². The van der Waals surface area contributed by atoms with E-state index in [1.165, 1.54) is 0 Å². The molecule has 4 nitrogen and oxygen atoms in total. The molecule has 0 atom stereocenters. The number of aryl methyl sites for hydroxylation is 1. The van der Waals surface area contributed by atoms with Crippen molar-refractivity contribution in [3.63, 3.8) is 0 Å². The first-order valence-electron chi connectivity index (χ1n) is 3.32. The molecule has 0 amide bonds. The molecule has 10 heavy (non-hydrogen) atoms. The lowest BCUT2D eigenvalue weighted by atomic mass is 10.3. The zero-order valence-electron chi connectivity index (χ0n) is 6.33. The van der Waals surface area contributed by atoms with Crippen LogP contribution in [0.25, 0.3) is 0 Å². The number of aromatic nitrogens is 3. The second kappa shape index (κ2) is 3.31. The van der Waals surface area contributed by atoms with Crippen LogP contribution >= 0.6 is 0 Å². The highest BCUT2D eigenvalue weighted by molar-refractivity contribution is 4.91. The topological polar surface area (TPSA) is 42.7 Å². The van der Waals surface area contributed by atoms with Gasteiger partial charge in [-0.1, -0.05) is 0 Å². The number of rotatable bonds is 3. The van der Waals surface area contributed by atoms with Crippen molar-refractivity contribution in [1.82, 2.24) is 20.3 Å². The zero-order valence-corrected chi connectivity index (χ0v) is 6.33. The Morgan fingerprint density at radius 2 is 2.50 bits per heavy atom. The van der Waals surface area contributed by atoms with Crippen LogP contribution in [0.15, 0.2) is 6.20 Å². The Morgan fingerprint density at radius 3 is 3.00 bits per heavy atom. The summed E-state index contributed by atoms with van der Waals surface area (Å²) in [5.74, 6) is 0. The number of nitrogens with zero attached hydrogens (tertiary/aromatic N) is 3. The summed E-state index contributed by atoms with van der Waals surface area (Å²) in [4.78, 5) is 1.57. The van der Waals surface area contributed by atoms with Gasteiger partial charge >= 0.3 is 0 Å². The van der Waals surface area contributed by atoms with Crippen LogP contribution in [0.1, 0.15) is 5.69 Å². The first-order chi connectivity index (χ1) is 4.83. The van der Waals surface area contributed by atoms with Crippen molar-refractivity contribution in [3.8, 4) is 0 Å². The Hall–Kier alpha value is -0.900. The van der Waals surface area contributed by atoms with E-state index in [4.69, 9.17) is 0 Å². The average molecular weight is 140 g/mol. The number of nitrogens with one attached hydrogen (secondary N) is 1. The largest absolute Gasteiger partial charge is 0.319 e. The summed E-state index contributed by atoms with van der Waals surface area (Å²) in [5, 5.41) is 11.1. The minimum absolute atomic E-state index is 0.949. The monoisotopic (exact) mass is 140 g/mol. The standard InChI is InChI=1S/C6H12N4/c1-7-4-3-6-5-8-10(2)9-6/h5,7H,3-4H2,1-2H3. The third-order valence-electron chi connectivity index (χ3n) is 1.28. The normalized spacial score (nSPS) is 10.2. The van der Waals surface area contributed by atoms with Crippen LogP contribution in [0.4, 0.5) is 0 Å². The fourth-order valence-electron chi connectivity index (χ4n) is 0.755. The van der Waals surface area contributed by atoms with E-state index in [0.29, 0.717) is 0 Å². The number of likely N-dealkylation sites (N-methyl/N-ethyl adjacent to an activating group) is 1. The smallest absolute Gasteiger partial charge is 0.0839 e. The summed E-state index contributed by atoms with van der Waals surface area (Å²) in [7, 11) is 3.75. The molecule has 0 aromatic carbocycles. The number of hydrogen-bond acceptors (Lipinski definition) is 3. The molecule has 0 spiro atoms. The first kappa shape index (κ1) is 7.21. The first-order valence-corrected chi connectivity index (χ1v) is 3.32. The molecule has 0 aliphatic carbocycles. The maximum absolute atomic E-state index is 4.11. The molecule has 1 aromatic heterocycles. The SMILES string of the molecule is CNCCc1cnn(C)n1. The highest BCUT2D eigenvalue weighted by Gasteiger charge is 1.94. The van der Waals surface area contributed by atoms with Crippen molar-refractivity contribution in [2.24, 2.45) is 7.05 Å². The lowest BCUT2D eigenvalue weighted by Gasteiger charge is -1.91. The fourth-order valence-corrected chi connectivity index (χ4v) is 0.755. The molecule has 0 saturated heterocycles. The Labute approximate surface area is 60.2 Å². The van der Waals surface area contributed by atoms with E-state index < -0.39 is 0 Å². The quantitative estimate of drug-likeness (QED) is 0.620. The molecule has 1 aromatic rings. The summed E-state index contributed by atoms with van der Waals surface area (Å²) in [6.45, 7) is 0.957. The molecule has 0 unspecified atom stereocenters. The van der Waals surface area contributed by atoms with Gasteiger partial charge in [0.1, 0.15) is 0 Å². The predicted molar refractivity (Wildman–Crippen MR) is 38.6 cm³/mol. The van der Waals surface area contributed by atoms with Crippen LogP contribution in [0.3, 0.4) is 0 Å². The van der Waals surface area contributed by atoms with E-state index in [9.17, 15) is 0 Å². The van der Waals surface area contributed by atoms with Crippen molar-refractivity contribution in [2.75, 3.05) is 13.6 Å². The molecule has 0 aliphatic rings. The molecule has 0 fully saturated rings. The molecule has 1 N–H and O–H groups in total. The Bertz CT molecular complexity index is 193. The van der Waals surface area contributed by atoms with Gasteiger partial charge in [-0.25, -0.2) is 0 Å². The van der Waals surface area contributed by atoms with Crippen LogP contribution in [-0.2, 0) is 13.5 Å². The van der Waals surface area contributed by atoms with Crippen molar-refractivity contribution in [3.05, 3.63) is 11.9 Å². The second-order valence-corrected chi connectivity index (χ2v) is 2.18. The molecule has 0 saturated carbocycles. The van der Waals surface area contributed by atoms with E-state index >= 15 is 0 Å². The van der Waals surface area contributed by atoms with Gasteiger partial charge in [-0.05, 0) is 7.05 Å². The Balaban J connectivity index is 2.42. The van der Waals surface area contributed by atoms with Gasteiger partial charge < -0.3 is 5.32 Å². The summed E-state index contributed by atoms with van der Waals surface area (Å²) in [6.07, 6.45) is 2.74. The molecule has 0 radical (unpaired) electrons. The Kier molecular flexibility index (Phi) is 2.39. The fraction of sp³-hybridized carbons (Fsp3) is 0.667. The molecular formula is C6H12N4. The van der Waals surface area contributed by atoms with Crippen molar-refractivity contribution in [1.29, 1.82) is 0 Å². The van der Waals surface area contributed by atoms with E-state index in [0.717, 1.165) is 18.7 Å².